The van der Waals surface area contributed by atoms with Crippen LogP contribution in [0.15, 0.2) is 48.5 Å². The first-order valence-electron chi connectivity index (χ1n) is 5.63. The normalized spacial score (nSPS) is 9.63. The molecule has 0 aliphatic rings. The van der Waals surface area contributed by atoms with Crippen LogP contribution in [0.1, 0.15) is 21.5 Å². The summed E-state index contributed by atoms with van der Waals surface area (Å²) in [7, 11) is 0. The SMILES string of the molecule is N#Cc1ccccc1OCc1ccc(C(=O)[O-])cc1. The topological polar surface area (TPSA) is 73.1 Å². The fourth-order valence-corrected chi connectivity index (χ4v) is 1.58. The van der Waals surface area contributed by atoms with Crippen molar-refractivity contribution >= 4 is 5.97 Å². The van der Waals surface area contributed by atoms with Crippen LogP contribution in [0.2, 0.25) is 0 Å². The number of hydrogen-bond donors (Lipinski definition) is 0. The van der Waals surface area contributed by atoms with Crippen LogP contribution < -0.4 is 9.84 Å². The first-order chi connectivity index (χ1) is 9.20. The van der Waals surface area contributed by atoms with Crippen LogP contribution in [0.4, 0.5) is 0 Å². The molecule has 0 amide bonds. The lowest BCUT2D eigenvalue weighted by atomic mass is 10.1. The third kappa shape index (κ3) is 3.11. The molecule has 19 heavy (non-hydrogen) atoms. The molecule has 0 spiro atoms. The smallest absolute Gasteiger partial charge is 0.137 e. The molecule has 0 aliphatic carbocycles. The molecular formula is C15H10NO3-. The van der Waals surface area contributed by atoms with Gasteiger partial charge in [0.25, 0.3) is 0 Å². The summed E-state index contributed by atoms with van der Waals surface area (Å²) in [5.41, 5.74) is 1.41. The zero-order valence-corrected chi connectivity index (χ0v) is 10.00. The van der Waals surface area contributed by atoms with Gasteiger partial charge in [-0.25, -0.2) is 0 Å². The molecule has 0 unspecified atom stereocenters. The summed E-state index contributed by atoms with van der Waals surface area (Å²) in [4.78, 5) is 10.6. The summed E-state index contributed by atoms with van der Waals surface area (Å²) in [6, 6.07) is 15.2. The van der Waals surface area contributed by atoms with Gasteiger partial charge in [-0.1, -0.05) is 36.4 Å². The van der Waals surface area contributed by atoms with E-state index in [-0.39, 0.29) is 12.2 Å². The van der Waals surface area contributed by atoms with Gasteiger partial charge in [0.15, 0.2) is 0 Å². The molecular weight excluding hydrogens is 242 g/mol. The highest BCUT2D eigenvalue weighted by Crippen LogP contribution is 2.18. The second-order valence-electron chi connectivity index (χ2n) is 3.88. The van der Waals surface area contributed by atoms with Gasteiger partial charge < -0.3 is 14.6 Å². The molecule has 4 nitrogen and oxygen atoms in total. The summed E-state index contributed by atoms with van der Waals surface area (Å²) >= 11 is 0. The van der Waals surface area contributed by atoms with Crippen molar-refractivity contribution in [3.05, 3.63) is 65.2 Å². The van der Waals surface area contributed by atoms with Crippen molar-refractivity contribution in [3.63, 3.8) is 0 Å². The largest absolute Gasteiger partial charge is 0.545 e. The van der Waals surface area contributed by atoms with Crippen molar-refractivity contribution in [2.45, 2.75) is 6.61 Å². The zero-order chi connectivity index (χ0) is 13.7. The molecule has 0 aromatic heterocycles. The van der Waals surface area contributed by atoms with Gasteiger partial charge in [-0.2, -0.15) is 5.26 Å². The maximum Gasteiger partial charge on any atom is 0.137 e. The Bertz CT molecular complexity index is 627. The summed E-state index contributed by atoms with van der Waals surface area (Å²) in [6.07, 6.45) is 0. The average molecular weight is 252 g/mol. The van der Waals surface area contributed by atoms with Crippen LogP contribution in [-0.2, 0) is 6.61 Å². The number of para-hydroxylation sites is 1. The fourth-order valence-electron chi connectivity index (χ4n) is 1.58. The minimum atomic E-state index is -1.21. The molecule has 0 N–H and O–H groups in total. The number of ether oxygens (including phenoxy) is 1. The van der Waals surface area contributed by atoms with E-state index in [0.29, 0.717) is 11.3 Å². The van der Waals surface area contributed by atoms with Crippen LogP contribution in [0.25, 0.3) is 0 Å². The molecule has 0 bridgehead atoms. The van der Waals surface area contributed by atoms with Gasteiger partial charge in [0.2, 0.25) is 0 Å². The second kappa shape index (κ2) is 5.69. The number of carbonyl (C=O) groups is 1. The van der Waals surface area contributed by atoms with Gasteiger partial charge in [-0.05, 0) is 23.3 Å². The monoisotopic (exact) mass is 252 g/mol. The molecule has 2 aromatic carbocycles. The molecule has 0 saturated carbocycles. The van der Waals surface area contributed by atoms with Crippen LogP contribution in [0, 0.1) is 11.3 Å². The highest BCUT2D eigenvalue weighted by molar-refractivity contribution is 5.85. The Morgan fingerprint density at radius 3 is 2.47 bits per heavy atom. The third-order valence-corrected chi connectivity index (χ3v) is 2.59. The van der Waals surface area contributed by atoms with E-state index in [9.17, 15) is 9.90 Å². The van der Waals surface area contributed by atoms with Crippen molar-refractivity contribution in [1.29, 1.82) is 5.26 Å². The first kappa shape index (κ1) is 12.7. The number of carboxylic acid groups (broad SMARTS) is 1. The van der Waals surface area contributed by atoms with E-state index < -0.39 is 5.97 Å². The summed E-state index contributed by atoms with van der Waals surface area (Å²) in [5, 5.41) is 19.5. The highest BCUT2D eigenvalue weighted by Gasteiger charge is 2.02. The third-order valence-electron chi connectivity index (χ3n) is 2.59. The van der Waals surface area contributed by atoms with Crippen LogP contribution in [0.5, 0.6) is 5.75 Å². The molecule has 0 saturated heterocycles. The van der Waals surface area contributed by atoms with E-state index in [4.69, 9.17) is 10.00 Å². The maximum atomic E-state index is 10.6. The lowest BCUT2D eigenvalue weighted by Gasteiger charge is -2.08. The van der Waals surface area contributed by atoms with Crippen LogP contribution in [-0.4, -0.2) is 5.97 Å². The predicted octanol–water partition coefficient (Wildman–Crippen LogP) is 1.50. The number of carboxylic acids is 1. The van der Waals surface area contributed by atoms with Crippen molar-refractivity contribution in [2.75, 3.05) is 0 Å². The lowest BCUT2D eigenvalue weighted by molar-refractivity contribution is -0.255. The number of nitriles is 1. The van der Waals surface area contributed by atoms with Gasteiger partial charge in [-0.15, -0.1) is 0 Å². The molecule has 94 valence electrons. The highest BCUT2D eigenvalue weighted by atomic mass is 16.5. The average Bonchev–Trinajstić information content (AvgIpc) is 2.45. The Morgan fingerprint density at radius 2 is 1.84 bits per heavy atom. The summed E-state index contributed by atoms with van der Waals surface area (Å²) in [5.74, 6) is -0.698. The Morgan fingerprint density at radius 1 is 1.16 bits per heavy atom. The van der Waals surface area contributed by atoms with E-state index in [1.165, 1.54) is 12.1 Å². The molecule has 0 heterocycles. The number of aromatic carboxylic acids is 1. The standard InChI is InChI=1S/C15H11NO3/c16-9-13-3-1-2-4-14(13)19-10-11-5-7-12(8-6-11)15(17)18/h1-8H,10H2,(H,17,18)/p-1. The minimum absolute atomic E-state index is 0.126. The molecule has 2 aromatic rings. The van der Waals surface area contributed by atoms with Gasteiger partial charge >= 0.3 is 0 Å². The van der Waals surface area contributed by atoms with Gasteiger partial charge in [0.1, 0.15) is 18.4 Å². The van der Waals surface area contributed by atoms with Crippen LogP contribution >= 0.6 is 0 Å². The lowest BCUT2D eigenvalue weighted by Crippen LogP contribution is -2.22. The number of nitrogens with zero attached hydrogens (tertiary/aromatic N) is 1. The Hall–Kier alpha value is -2.80. The number of benzene rings is 2. The van der Waals surface area contributed by atoms with Crippen molar-refractivity contribution in [1.82, 2.24) is 0 Å². The maximum absolute atomic E-state index is 10.6. The minimum Gasteiger partial charge on any atom is -0.545 e. The Labute approximate surface area is 110 Å². The van der Waals surface area contributed by atoms with Gasteiger partial charge in [0, 0.05) is 0 Å². The van der Waals surface area contributed by atoms with E-state index >= 15 is 0 Å². The number of hydrogen-bond acceptors (Lipinski definition) is 4. The Balaban J connectivity index is 2.06. The summed E-state index contributed by atoms with van der Waals surface area (Å²) in [6.45, 7) is 0.270. The fraction of sp³-hybridized carbons (Fsp3) is 0.0667. The zero-order valence-electron chi connectivity index (χ0n) is 10.00. The van der Waals surface area contributed by atoms with E-state index in [2.05, 4.69) is 0 Å². The Kier molecular flexibility index (Phi) is 3.79. The molecule has 0 aliphatic heterocycles. The van der Waals surface area contributed by atoms with Gasteiger partial charge in [0.05, 0.1) is 11.5 Å². The summed E-state index contributed by atoms with van der Waals surface area (Å²) < 4.78 is 5.53. The molecule has 0 atom stereocenters. The molecule has 0 fully saturated rings. The van der Waals surface area contributed by atoms with Gasteiger partial charge in [-0.3, -0.25) is 0 Å². The van der Waals surface area contributed by atoms with E-state index in [1.54, 1.807) is 36.4 Å². The molecule has 2 rings (SSSR count). The first-order valence-corrected chi connectivity index (χ1v) is 5.63. The van der Waals surface area contributed by atoms with Crippen molar-refractivity contribution in [3.8, 4) is 11.8 Å². The molecule has 4 heteroatoms. The second-order valence-corrected chi connectivity index (χ2v) is 3.88. The van der Waals surface area contributed by atoms with Crippen molar-refractivity contribution < 1.29 is 14.6 Å². The number of carbonyl (C=O) groups excluding carboxylic acids is 1. The van der Waals surface area contributed by atoms with Crippen LogP contribution in [0.3, 0.4) is 0 Å². The van der Waals surface area contributed by atoms with E-state index in [1.807, 2.05) is 6.07 Å². The number of rotatable bonds is 4. The molecule has 0 radical (unpaired) electrons. The van der Waals surface area contributed by atoms with Crippen molar-refractivity contribution in [2.24, 2.45) is 0 Å². The predicted molar refractivity (Wildman–Crippen MR) is 66.3 cm³/mol. The quantitative estimate of drug-likeness (QED) is 0.826. The van der Waals surface area contributed by atoms with E-state index in [0.717, 1.165) is 5.56 Å².